The van der Waals surface area contributed by atoms with Crippen molar-refractivity contribution in [3.05, 3.63) is 57.0 Å². The van der Waals surface area contributed by atoms with Crippen molar-refractivity contribution in [3.63, 3.8) is 0 Å². The highest BCUT2D eigenvalue weighted by Gasteiger charge is 2.18. The van der Waals surface area contributed by atoms with Gasteiger partial charge in [-0.25, -0.2) is 8.42 Å². The molecule has 0 amide bonds. The highest BCUT2D eigenvalue weighted by molar-refractivity contribution is 9.10. The van der Waals surface area contributed by atoms with E-state index in [1.54, 1.807) is 37.3 Å². The quantitative estimate of drug-likeness (QED) is 0.865. The fourth-order valence-electron chi connectivity index (χ4n) is 1.73. The Balaban J connectivity index is 2.43. The van der Waals surface area contributed by atoms with Gasteiger partial charge in [-0.1, -0.05) is 17.7 Å². The number of nitriles is 1. The molecule has 0 aliphatic heterocycles. The predicted octanol–water partition coefficient (Wildman–Crippen LogP) is 4.08. The van der Waals surface area contributed by atoms with E-state index in [4.69, 9.17) is 16.9 Å². The van der Waals surface area contributed by atoms with Gasteiger partial charge in [-0.3, -0.25) is 4.72 Å². The van der Waals surface area contributed by atoms with Gasteiger partial charge in [0.15, 0.2) is 0 Å². The molecule has 4 nitrogen and oxygen atoms in total. The van der Waals surface area contributed by atoms with Crippen molar-refractivity contribution >= 4 is 43.2 Å². The third-order valence-corrected chi connectivity index (χ3v) is 5.52. The van der Waals surface area contributed by atoms with Crippen LogP contribution >= 0.6 is 27.5 Å². The monoisotopic (exact) mass is 384 g/mol. The van der Waals surface area contributed by atoms with E-state index in [1.165, 1.54) is 6.07 Å². The molecule has 0 saturated heterocycles. The van der Waals surface area contributed by atoms with E-state index in [0.717, 1.165) is 0 Å². The maximum absolute atomic E-state index is 12.4. The zero-order valence-electron chi connectivity index (χ0n) is 10.9. The lowest BCUT2D eigenvalue weighted by Gasteiger charge is -2.11. The minimum absolute atomic E-state index is 0.0765. The summed E-state index contributed by atoms with van der Waals surface area (Å²) in [7, 11) is -3.77. The van der Waals surface area contributed by atoms with Gasteiger partial charge in [0, 0.05) is 4.47 Å². The predicted molar refractivity (Wildman–Crippen MR) is 85.9 cm³/mol. The maximum Gasteiger partial charge on any atom is 0.262 e. The van der Waals surface area contributed by atoms with Crippen molar-refractivity contribution in [2.45, 2.75) is 11.8 Å². The van der Waals surface area contributed by atoms with Crippen molar-refractivity contribution in [1.82, 2.24) is 0 Å². The molecule has 2 rings (SSSR count). The average Bonchev–Trinajstić information content (AvgIpc) is 2.43. The van der Waals surface area contributed by atoms with Crippen LogP contribution in [0.25, 0.3) is 0 Å². The second-order valence-corrected chi connectivity index (χ2v) is 7.24. The van der Waals surface area contributed by atoms with Gasteiger partial charge in [0.05, 0.1) is 27.2 Å². The number of hydrogen-bond acceptors (Lipinski definition) is 3. The Bertz CT molecular complexity index is 845. The van der Waals surface area contributed by atoms with Crippen LogP contribution in [0, 0.1) is 18.3 Å². The van der Waals surface area contributed by atoms with Crippen LogP contribution in [0.2, 0.25) is 5.02 Å². The molecule has 2 aromatic carbocycles. The summed E-state index contributed by atoms with van der Waals surface area (Å²) in [6.45, 7) is 1.67. The highest BCUT2D eigenvalue weighted by atomic mass is 79.9. The normalized spacial score (nSPS) is 11.0. The smallest absolute Gasteiger partial charge is 0.262 e. The summed E-state index contributed by atoms with van der Waals surface area (Å²) >= 11 is 9.11. The molecular weight excluding hydrogens is 376 g/mol. The molecule has 0 atom stereocenters. The van der Waals surface area contributed by atoms with Crippen LogP contribution in [0.3, 0.4) is 0 Å². The Hall–Kier alpha value is -1.55. The molecule has 108 valence electrons. The lowest BCUT2D eigenvalue weighted by Crippen LogP contribution is -2.14. The summed E-state index contributed by atoms with van der Waals surface area (Å²) in [4.78, 5) is 0.0765. The molecule has 0 saturated carbocycles. The van der Waals surface area contributed by atoms with Crippen molar-refractivity contribution < 1.29 is 8.42 Å². The van der Waals surface area contributed by atoms with E-state index in [-0.39, 0.29) is 4.90 Å². The third kappa shape index (κ3) is 3.56. The summed E-state index contributed by atoms with van der Waals surface area (Å²) in [5, 5.41) is 9.38. The van der Waals surface area contributed by atoms with E-state index >= 15 is 0 Å². The van der Waals surface area contributed by atoms with Gasteiger partial charge >= 0.3 is 0 Å². The number of aryl methyl sites for hydroxylation is 1. The number of sulfonamides is 1. The standard InChI is InChI=1S/C14H10BrClN2O2S/c1-9-2-3-10(8-17)6-14(9)21(19,20)18-11-4-5-13(16)12(15)7-11/h2-7,18H,1H3. The molecule has 0 spiro atoms. The topological polar surface area (TPSA) is 70.0 Å². The van der Waals surface area contributed by atoms with Crippen LogP contribution in [0.15, 0.2) is 45.8 Å². The maximum atomic E-state index is 12.4. The van der Waals surface area contributed by atoms with E-state index in [1.807, 2.05) is 6.07 Å². The molecule has 0 aliphatic carbocycles. The van der Waals surface area contributed by atoms with Crippen molar-refractivity contribution in [2.24, 2.45) is 0 Å². The summed E-state index contributed by atoms with van der Waals surface area (Å²) in [5.74, 6) is 0. The third-order valence-electron chi connectivity index (χ3n) is 2.78. The molecule has 0 unspecified atom stereocenters. The molecule has 0 bridgehead atoms. The van der Waals surface area contributed by atoms with Crippen LogP contribution in [0.1, 0.15) is 11.1 Å². The molecule has 2 aromatic rings. The largest absolute Gasteiger partial charge is 0.280 e. The number of benzene rings is 2. The van der Waals surface area contributed by atoms with Crippen molar-refractivity contribution in [1.29, 1.82) is 5.26 Å². The Morgan fingerprint density at radius 2 is 1.95 bits per heavy atom. The zero-order chi connectivity index (χ0) is 15.6. The average molecular weight is 386 g/mol. The van der Waals surface area contributed by atoms with E-state index in [2.05, 4.69) is 20.7 Å². The number of anilines is 1. The molecule has 0 aliphatic rings. The lowest BCUT2D eigenvalue weighted by atomic mass is 10.2. The first-order valence-electron chi connectivity index (χ1n) is 5.82. The Morgan fingerprint density at radius 1 is 1.24 bits per heavy atom. The second kappa shape index (κ2) is 6.06. The fraction of sp³-hybridized carbons (Fsp3) is 0.0714. The number of hydrogen-bond donors (Lipinski definition) is 1. The van der Waals surface area contributed by atoms with Gasteiger partial charge in [-0.2, -0.15) is 5.26 Å². The Kier molecular flexibility index (Phi) is 4.57. The SMILES string of the molecule is Cc1ccc(C#N)cc1S(=O)(=O)Nc1ccc(Cl)c(Br)c1. The minimum Gasteiger partial charge on any atom is -0.280 e. The van der Waals surface area contributed by atoms with Gasteiger partial charge in [0.1, 0.15) is 0 Å². The summed E-state index contributed by atoms with van der Waals surface area (Å²) in [5.41, 5.74) is 1.24. The van der Waals surface area contributed by atoms with Crippen molar-refractivity contribution in [2.75, 3.05) is 4.72 Å². The molecule has 0 fully saturated rings. The summed E-state index contributed by atoms with van der Waals surface area (Å²) in [6.07, 6.45) is 0. The molecule has 21 heavy (non-hydrogen) atoms. The molecule has 7 heteroatoms. The van der Waals surface area contributed by atoms with Crippen LogP contribution in [-0.2, 0) is 10.0 Å². The highest BCUT2D eigenvalue weighted by Crippen LogP contribution is 2.27. The number of nitrogens with zero attached hydrogens (tertiary/aromatic N) is 1. The van der Waals surface area contributed by atoms with Crippen LogP contribution in [-0.4, -0.2) is 8.42 Å². The van der Waals surface area contributed by atoms with E-state index in [9.17, 15) is 8.42 Å². The molecule has 1 N–H and O–H groups in total. The molecular formula is C14H10BrClN2O2S. The number of nitrogens with one attached hydrogen (secondary N) is 1. The summed E-state index contributed by atoms with van der Waals surface area (Å²) < 4.78 is 27.9. The van der Waals surface area contributed by atoms with Crippen molar-refractivity contribution in [3.8, 4) is 6.07 Å². The van der Waals surface area contributed by atoms with Gasteiger partial charge in [0.25, 0.3) is 10.0 Å². The fourth-order valence-corrected chi connectivity index (χ4v) is 3.55. The van der Waals surface area contributed by atoms with Crippen LogP contribution in [0.4, 0.5) is 5.69 Å². The first kappa shape index (κ1) is 15.8. The van der Waals surface area contributed by atoms with Gasteiger partial charge in [0.2, 0.25) is 0 Å². The molecule has 0 aromatic heterocycles. The van der Waals surface area contributed by atoms with Gasteiger partial charge in [-0.05, 0) is 58.7 Å². The van der Waals surface area contributed by atoms with Gasteiger partial charge in [-0.15, -0.1) is 0 Å². The molecule has 0 heterocycles. The lowest BCUT2D eigenvalue weighted by molar-refractivity contribution is 0.600. The first-order valence-corrected chi connectivity index (χ1v) is 8.47. The molecule has 0 radical (unpaired) electrons. The van der Waals surface area contributed by atoms with Crippen LogP contribution < -0.4 is 4.72 Å². The number of rotatable bonds is 3. The first-order chi connectivity index (χ1) is 9.83. The zero-order valence-corrected chi connectivity index (χ0v) is 14.1. The second-order valence-electron chi connectivity index (χ2n) is 4.33. The van der Waals surface area contributed by atoms with E-state index < -0.39 is 10.0 Å². The van der Waals surface area contributed by atoms with Crippen LogP contribution in [0.5, 0.6) is 0 Å². The number of halogens is 2. The van der Waals surface area contributed by atoms with Gasteiger partial charge < -0.3 is 0 Å². The summed E-state index contributed by atoms with van der Waals surface area (Å²) in [6, 6.07) is 11.2. The minimum atomic E-state index is -3.77. The Morgan fingerprint density at radius 3 is 2.57 bits per heavy atom. The van der Waals surface area contributed by atoms with E-state index in [0.29, 0.717) is 26.3 Å². The Labute approximate surface area is 136 Å².